The van der Waals surface area contributed by atoms with Gasteiger partial charge in [0.2, 0.25) is 15.0 Å². The number of carbonyl (C=O) groups excluding carboxylic acids is 1. The molecule has 0 radical (unpaired) electrons. The summed E-state index contributed by atoms with van der Waals surface area (Å²) in [5.74, 6) is -0.856. The summed E-state index contributed by atoms with van der Waals surface area (Å²) in [6.45, 7) is 4.44. The molecule has 10 heteroatoms. The van der Waals surface area contributed by atoms with Crippen LogP contribution in [0, 0.1) is 19.7 Å². The number of hydrogen-bond donors (Lipinski definition) is 1. The van der Waals surface area contributed by atoms with Crippen molar-refractivity contribution in [3.8, 4) is 0 Å². The number of piperidine rings is 1. The normalized spacial score (nSPS) is 15.6. The van der Waals surface area contributed by atoms with Crippen LogP contribution in [-0.4, -0.2) is 41.9 Å². The molecule has 1 aromatic heterocycles. The van der Waals surface area contributed by atoms with Crippen molar-refractivity contribution >= 4 is 33.0 Å². The van der Waals surface area contributed by atoms with Gasteiger partial charge in [0.15, 0.2) is 0 Å². The molecule has 1 aliphatic rings. The molecule has 0 unspecified atom stereocenters. The van der Waals surface area contributed by atoms with Crippen molar-refractivity contribution in [2.24, 2.45) is 0 Å². The molecule has 1 saturated heterocycles. The van der Waals surface area contributed by atoms with E-state index in [4.69, 9.17) is 0 Å². The average Bonchev–Trinajstić information content (AvgIpc) is 3.26. The molecule has 1 fully saturated rings. The van der Waals surface area contributed by atoms with E-state index >= 15 is 0 Å². The summed E-state index contributed by atoms with van der Waals surface area (Å²) in [7, 11) is -3.56. The summed E-state index contributed by atoms with van der Waals surface area (Å²) in [5.41, 5.74) is 1.98. The summed E-state index contributed by atoms with van der Waals surface area (Å²) in [6, 6.07) is 11.1. The van der Waals surface area contributed by atoms with Crippen LogP contribution in [-0.2, 0) is 10.0 Å². The summed E-state index contributed by atoms with van der Waals surface area (Å²) in [4.78, 5) is 12.8. The van der Waals surface area contributed by atoms with Crippen molar-refractivity contribution in [2.45, 2.75) is 37.5 Å². The molecule has 2 heterocycles. The van der Waals surface area contributed by atoms with Crippen LogP contribution in [0.15, 0.2) is 47.4 Å². The highest BCUT2D eigenvalue weighted by Crippen LogP contribution is 2.33. The van der Waals surface area contributed by atoms with E-state index in [0.717, 1.165) is 11.1 Å². The molecule has 32 heavy (non-hydrogen) atoms. The minimum Gasteiger partial charge on any atom is -0.320 e. The lowest BCUT2D eigenvalue weighted by atomic mass is 9.99. The molecular formula is C22H23FN4O3S2. The molecule has 2 aromatic carbocycles. The first-order chi connectivity index (χ1) is 15.2. The molecule has 3 aromatic rings. The second kappa shape index (κ2) is 9.05. The average molecular weight is 475 g/mol. The molecule has 0 bridgehead atoms. The Morgan fingerprint density at radius 3 is 2.59 bits per heavy atom. The number of rotatable bonds is 5. The van der Waals surface area contributed by atoms with Crippen LogP contribution in [0.2, 0.25) is 0 Å². The van der Waals surface area contributed by atoms with Crippen molar-refractivity contribution in [3.63, 3.8) is 0 Å². The van der Waals surface area contributed by atoms with Crippen LogP contribution in [0.5, 0.6) is 0 Å². The van der Waals surface area contributed by atoms with Gasteiger partial charge in [-0.05, 0) is 62.1 Å². The van der Waals surface area contributed by atoms with Gasteiger partial charge in [-0.1, -0.05) is 29.5 Å². The number of benzene rings is 2. The van der Waals surface area contributed by atoms with E-state index in [-0.39, 0.29) is 10.9 Å². The van der Waals surface area contributed by atoms with E-state index < -0.39 is 21.7 Å². The third-order valence-electron chi connectivity index (χ3n) is 5.48. The Kier molecular flexibility index (Phi) is 6.36. The lowest BCUT2D eigenvalue weighted by Crippen LogP contribution is -2.38. The van der Waals surface area contributed by atoms with Crippen molar-refractivity contribution < 1.29 is 17.6 Å². The molecule has 1 aliphatic heterocycles. The van der Waals surface area contributed by atoms with E-state index in [2.05, 4.69) is 15.5 Å². The van der Waals surface area contributed by atoms with Gasteiger partial charge in [-0.15, -0.1) is 10.2 Å². The lowest BCUT2D eigenvalue weighted by molar-refractivity contribution is 0.102. The van der Waals surface area contributed by atoms with E-state index in [0.29, 0.717) is 41.5 Å². The lowest BCUT2D eigenvalue weighted by Gasteiger charge is -2.30. The van der Waals surface area contributed by atoms with E-state index in [1.165, 1.54) is 33.8 Å². The number of sulfonamides is 1. The van der Waals surface area contributed by atoms with Gasteiger partial charge >= 0.3 is 0 Å². The maximum Gasteiger partial charge on any atom is 0.286 e. The molecule has 0 spiro atoms. The number of nitrogens with one attached hydrogen (secondary N) is 1. The number of amides is 1. The monoisotopic (exact) mass is 474 g/mol. The minimum absolute atomic E-state index is 0.0354. The fraction of sp³-hybridized carbons (Fsp3) is 0.318. The van der Waals surface area contributed by atoms with Gasteiger partial charge < -0.3 is 5.32 Å². The molecular weight excluding hydrogens is 451 g/mol. The predicted octanol–water partition coefficient (Wildman–Crippen LogP) is 4.11. The zero-order chi connectivity index (χ0) is 22.9. The van der Waals surface area contributed by atoms with Crippen molar-refractivity contribution in [2.75, 3.05) is 18.4 Å². The Hall–Kier alpha value is -2.69. The number of aryl methyl sites for hydroxylation is 2. The van der Waals surface area contributed by atoms with Gasteiger partial charge in [0.25, 0.3) is 5.91 Å². The topological polar surface area (TPSA) is 92.3 Å². The van der Waals surface area contributed by atoms with Gasteiger partial charge in [-0.25, -0.2) is 12.8 Å². The zero-order valence-corrected chi connectivity index (χ0v) is 19.3. The molecule has 1 N–H and O–H groups in total. The zero-order valence-electron chi connectivity index (χ0n) is 17.7. The second-order valence-electron chi connectivity index (χ2n) is 7.86. The van der Waals surface area contributed by atoms with Crippen LogP contribution >= 0.6 is 11.3 Å². The van der Waals surface area contributed by atoms with Crippen molar-refractivity contribution in [1.82, 2.24) is 14.5 Å². The van der Waals surface area contributed by atoms with Gasteiger partial charge in [0.1, 0.15) is 10.8 Å². The molecule has 7 nitrogen and oxygen atoms in total. The molecule has 4 rings (SSSR count). The first kappa shape index (κ1) is 22.5. The Morgan fingerprint density at radius 2 is 1.88 bits per heavy atom. The van der Waals surface area contributed by atoms with Crippen LogP contribution in [0.25, 0.3) is 0 Å². The van der Waals surface area contributed by atoms with Crippen LogP contribution in [0.1, 0.15) is 44.7 Å². The fourth-order valence-corrected chi connectivity index (χ4v) is 6.40. The highest BCUT2D eigenvalue weighted by molar-refractivity contribution is 7.89. The number of carbonyl (C=O) groups is 1. The maximum atomic E-state index is 13.3. The number of anilines is 1. The summed E-state index contributed by atoms with van der Waals surface area (Å²) < 4.78 is 41.1. The van der Waals surface area contributed by atoms with Crippen LogP contribution < -0.4 is 5.32 Å². The largest absolute Gasteiger partial charge is 0.320 e. The SMILES string of the molecule is Cc1ccc(C)c(S(=O)(=O)N2CCC(c3nnc(C(=O)Nc4cccc(F)c4)s3)CC2)c1. The fourth-order valence-electron chi connectivity index (χ4n) is 3.71. The van der Waals surface area contributed by atoms with E-state index in [9.17, 15) is 17.6 Å². The Balaban J connectivity index is 1.41. The summed E-state index contributed by atoms with van der Waals surface area (Å²) >= 11 is 1.18. The smallest absolute Gasteiger partial charge is 0.286 e. The molecule has 168 valence electrons. The first-order valence-corrected chi connectivity index (χ1v) is 12.5. The van der Waals surface area contributed by atoms with Crippen LogP contribution in [0.3, 0.4) is 0 Å². The van der Waals surface area contributed by atoms with Gasteiger partial charge in [-0.3, -0.25) is 4.79 Å². The van der Waals surface area contributed by atoms with Gasteiger partial charge in [0, 0.05) is 24.7 Å². The Bertz CT molecular complexity index is 1250. The predicted molar refractivity (Wildman–Crippen MR) is 121 cm³/mol. The second-order valence-corrected chi connectivity index (χ2v) is 10.8. The third-order valence-corrected chi connectivity index (χ3v) is 8.61. The summed E-state index contributed by atoms with van der Waals surface area (Å²) in [6.07, 6.45) is 1.20. The number of nitrogens with zero attached hydrogens (tertiary/aromatic N) is 3. The molecule has 0 atom stereocenters. The van der Waals surface area contributed by atoms with E-state index in [1.54, 1.807) is 19.1 Å². The van der Waals surface area contributed by atoms with Gasteiger partial charge in [0.05, 0.1) is 4.90 Å². The van der Waals surface area contributed by atoms with E-state index in [1.807, 2.05) is 19.1 Å². The van der Waals surface area contributed by atoms with Crippen LogP contribution in [0.4, 0.5) is 10.1 Å². The highest BCUT2D eigenvalue weighted by Gasteiger charge is 2.32. The standard InChI is InChI=1S/C22H23FN4O3S2/c1-14-6-7-15(2)19(12-14)32(29,30)27-10-8-16(9-11-27)21-25-26-22(31-21)20(28)24-18-5-3-4-17(23)13-18/h3-7,12-13,16H,8-11H2,1-2H3,(H,24,28). The minimum atomic E-state index is -3.56. The van der Waals surface area contributed by atoms with Gasteiger partial charge in [-0.2, -0.15) is 4.31 Å². The maximum absolute atomic E-state index is 13.3. The number of aromatic nitrogens is 2. The number of hydrogen-bond acceptors (Lipinski definition) is 6. The first-order valence-electron chi connectivity index (χ1n) is 10.2. The third kappa shape index (κ3) is 4.72. The summed E-state index contributed by atoms with van der Waals surface area (Å²) in [5, 5.41) is 11.6. The highest BCUT2D eigenvalue weighted by atomic mass is 32.2. The Morgan fingerprint density at radius 1 is 1.12 bits per heavy atom. The number of halogens is 1. The van der Waals surface area contributed by atoms with Crippen molar-refractivity contribution in [1.29, 1.82) is 0 Å². The Labute approximate surface area is 190 Å². The molecule has 0 aliphatic carbocycles. The van der Waals surface area contributed by atoms with Crippen molar-refractivity contribution in [3.05, 3.63) is 69.4 Å². The quantitative estimate of drug-likeness (QED) is 0.601. The molecule has 1 amide bonds. The molecule has 0 saturated carbocycles.